The highest BCUT2D eigenvalue weighted by Gasteiger charge is 2.33. The van der Waals surface area contributed by atoms with Gasteiger partial charge in [0.15, 0.2) is 0 Å². The van der Waals surface area contributed by atoms with Crippen molar-refractivity contribution in [1.29, 1.82) is 0 Å². The molecule has 1 atom stereocenters. The van der Waals surface area contributed by atoms with E-state index >= 15 is 0 Å². The Labute approximate surface area is 99.5 Å². The van der Waals surface area contributed by atoms with Gasteiger partial charge in [-0.15, -0.1) is 0 Å². The van der Waals surface area contributed by atoms with Crippen LogP contribution in [0.3, 0.4) is 0 Å². The van der Waals surface area contributed by atoms with Crippen molar-refractivity contribution in [3.05, 3.63) is 24.4 Å². The van der Waals surface area contributed by atoms with E-state index < -0.39 is 10.0 Å². The molecular formula is C10H13N3O3S. The molecule has 2 heterocycles. The summed E-state index contributed by atoms with van der Waals surface area (Å²) in [6, 6.07) is 5.26. The van der Waals surface area contributed by atoms with Gasteiger partial charge in [-0.1, -0.05) is 6.07 Å². The fraction of sp³-hybridized carbons (Fsp3) is 0.400. The van der Waals surface area contributed by atoms with Gasteiger partial charge in [-0.05, 0) is 12.1 Å². The number of anilines is 1. The number of pyridine rings is 1. The molecule has 1 fully saturated rings. The number of rotatable bonds is 3. The molecule has 1 unspecified atom stereocenters. The topological polar surface area (TPSA) is 93.4 Å². The van der Waals surface area contributed by atoms with Crippen LogP contribution in [-0.2, 0) is 14.8 Å². The molecule has 17 heavy (non-hydrogen) atoms. The van der Waals surface area contributed by atoms with Gasteiger partial charge in [-0.25, -0.2) is 18.5 Å². The first-order valence-electron chi connectivity index (χ1n) is 5.17. The Balaban J connectivity index is 2.11. The molecule has 0 radical (unpaired) electrons. The number of carbonyl (C=O) groups excluding carboxylic acids is 1. The number of hydrogen-bond acceptors (Lipinski definition) is 4. The van der Waals surface area contributed by atoms with Crippen LogP contribution < -0.4 is 10.0 Å². The van der Waals surface area contributed by atoms with Crippen LogP contribution in [-0.4, -0.2) is 31.6 Å². The highest BCUT2D eigenvalue weighted by molar-refractivity contribution is 7.89. The van der Waals surface area contributed by atoms with E-state index in [1.54, 1.807) is 24.4 Å². The average Bonchev–Trinajstić information content (AvgIpc) is 2.58. The molecule has 2 N–H and O–H groups in total. The van der Waals surface area contributed by atoms with E-state index in [2.05, 4.69) is 4.98 Å². The van der Waals surface area contributed by atoms with E-state index in [1.165, 1.54) is 4.90 Å². The van der Waals surface area contributed by atoms with Gasteiger partial charge >= 0.3 is 0 Å². The van der Waals surface area contributed by atoms with Crippen molar-refractivity contribution in [1.82, 2.24) is 4.98 Å². The third-order valence-corrected chi connectivity index (χ3v) is 3.53. The standard InChI is InChI=1S/C10H13N3O3S/c11-17(15,16)7-8-5-10(14)13(6-8)9-3-1-2-4-12-9/h1-4,8H,5-7H2,(H2,11,15,16). The average molecular weight is 255 g/mol. The van der Waals surface area contributed by atoms with Crippen molar-refractivity contribution < 1.29 is 13.2 Å². The summed E-state index contributed by atoms with van der Waals surface area (Å²) >= 11 is 0. The minimum absolute atomic E-state index is 0.114. The van der Waals surface area contributed by atoms with E-state index in [0.29, 0.717) is 12.4 Å². The molecule has 1 aromatic rings. The van der Waals surface area contributed by atoms with Gasteiger partial charge in [0.25, 0.3) is 0 Å². The minimum Gasteiger partial charge on any atom is -0.296 e. The fourth-order valence-corrected chi connectivity index (χ4v) is 2.84. The number of carbonyl (C=O) groups is 1. The lowest BCUT2D eigenvalue weighted by Gasteiger charge is -2.14. The summed E-state index contributed by atoms with van der Waals surface area (Å²) in [5.41, 5.74) is 0. The fourth-order valence-electron chi connectivity index (χ4n) is 1.96. The molecule has 2 rings (SSSR count). The molecule has 7 heteroatoms. The molecule has 1 aliphatic heterocycles. The molecule has 1 amide bonds. The van der Waals surface area contributed by atoms with Gasteiger partial charge in [0.05, 0.1) is 5.75 Å². The Bertz CT molecular complexity index is 515. The minimum atomic E-state index is -3.54. The highest BCUT2D eigenvalue weighted by atomic mass is 32.2. The Morgan fingerprint density at radius 2 is 2.24 bits per heavy atom. The van der Waals surface area contributed by atoms with Crippen molar-refractivity contribution in [2.45, 2.75) is 6.42 Å². The summed E-state index contributed by atoms with van der Waals surface area (Å²) in [7, 11) is -3.54. The Kier molecular flexibility index (Phi) is 3.12. The quantitative estimate of drug-likeness (QED) is 0.804. The molecule has 0 spiro atoms. The lowest BCUT2D eigenvalue weighted by molar-refractivity contribution is -0.117. The van der Waals surface area contributed by atoms with Crippen LogP contribution >= 0.6 is 0 Å². The summed E-state index contributed by atoms with van der Waals surface area (Å²) in [4.78, 5) is 17.3. The first-order chi connectivity index (χ1) is 7.96. The monoisotopic (exact) mass is 255 g/mol. The molecule has 1 saturated heterocycles. The maximum atomic E-state index is 11.7. The highest BCUT2D eigenvalue weighted by Crippen LogP contribution is 2.23. The molecule has 0 saturated carbocycles. The Morgan fingerprint density at radius 3 is 2.82 bits per heavy atom. The van der Waals surface area contributed by atoms with E-state index in [-0.39, 0.29) is 24.0 Å². The second kappa shape index (κ2) is 4.42. The van der Waals surface area contributed by atoms with E-state index in [1.807, 2.05) is 0 Å². The predicted octanol–water partition coefficient (Wildman–Crippen LogP) is -0.277. The Hall–Kier alpha value is -1.47. The zero-order chi connectivity index (χ0) is 12.5. The van der Waals surface area contributed by atoms with Gasteiger partial charge < -0.3 is 0 Å². The number of aromatic nitrogens is 1. The third kappa shape index (κ3) is 3.01. The second-order valence-corrected chi connectivity index (χ2v) is 5.75. The molecule has 0 aromatic carbocycles. The van der Waals surface area contributed by atoms with Crippen LogP contribution in [0.4, 0.5) is 5.82 Å². The predicted molar refractivity (Wildman–Crippen MR) is 62.7 cm³/mol. The SMILES string of the molecule is NS(=O)(=O)CC1CC(=O)N(c2ccccn2)C1. The van der Waals surface area contributed by atoms with Crippen LogP contribution in [0.1, 0.15) is 6.42 Å². The third-order valence-electron chi connectivity index (χ3n) is 2.60. The number of hydrogen-bond donors (Lipinski definition) is 1. The zero-order valence-electron chi connectivity index (χ0n) is 9.11. The van der Waals surface area contributed by atoms with Crippen molar-refractivity contribution in [2.24, 2.45) is 11.1 Å². The largest absolute Gasteiger partial charge is 0.296 e. The summed E-state index contributed by atoms with van der Waals surface area (Å²) < 4.78 is 21.9. The number of nitrogens with two attached hydrogens (primary N) is 1. The van der Waals surface area contributed by atoms with E-state index in [0.717, 1.165) is 0 Å². The van der Waals surface area contributed by atoms with Crippen LogP contribution in [0, 0.1) is 5.92 Å². The van der Waals surface area contributed by atoms with Gasteiger partial charge in [-0.3, -0.25) is 9.69 Å². The lowest BCUT2D eigenvalue weighted by atomic mass is 10.1. The van der Waals surface area contributed by atoms with Gasteiger partial charge in [0.2, 0.25) is 15.9 Å². The van der Waals surface area contributed by atoms with Gasteiger partial charge in [-0.2, -0.15) is 0 Å². The van der Waals surface area contributed by atoms with Crippen molar-refractivity contribution >= 4 is 21.7 Å². The first-order valence-corrected chi connectivity index (χ1v) is 6.89. The van der Waals surface area contributed by atoms with E-state index in [4.69, 9.17) is 5.14 Å². The summed E-state index contributed by atoms with van der Waals surface area (Å²) in [6.07, 6.45) is 1.79. The number of nitrogens with zero attached hydrogens (tertiary/aromatic N) is 2. The summed E-state index contributed by atoms with van der Waals surface area (Å²) in [5.74, 6) is 0.0218. The van der Waals surface area contributed by atoms with E-state index in [9.17, 15) is 13.2 Å². The van der Waals surface area contributed by atoms with Crippen molar-refractivity contribution in [3.63, 3.8) is 0 Å². The first kappa shape index (κ1) is 12.0. The maximum absolute atomic E-state index is 11.7. The van der Waals surface area contributed by atoms with Crippen LogP contribution in [0.15, 0.2) is 24.4 Å². The molecule has 6 nitrogen and oxygen atoms in total. The Morgan fingerprint density at radius 1 is 1.47 bits per heavy atom. The zero-order valence-corrected chi connectivity index (χ0v) is 9.93. The molecular weight excluding hydrogens is 242 g/mol. The van der Waals surface area contributed by atoms with Crippen molar-refractivity contribution in [2.75, 3.05) is 17.2 Å². The van der Waals surface area contributed by atoms with Gasteiger partial charge in [0.1, 0.15) is 5.82 Å². The number of sulfonamides is 1. The molecule has 1 aromatic heterocycles. The maximum Gasteiger partial charge on any atom is 0.228 e. The summed E-state index contributed by atoms with van der Waals surface area (Å²) in [5, 5.41) is 4.97. The normalized spacial score (nSPS) is 20.9. The van der Waals surface area contributed by atoms with Gasteiger partial charge in [0, 0.05) is 25.1 Å². The van der Waals surface area contributed by atoms with Crippen LogP contribution in [0.25, 0.3) is 0 Å². The molecule has 0 bridgehead atoms. The lowest BCUT2D eigenvalue weighted by Crippen LogP contribution is -2.28. The molecule has 92 valence electrons. The number of amides is 1. The molecule has 1 aliphatic rings. The van der Waals surface area contributed by atoms with Crippen molar-refractivity contribution in [3.8, 4) is 0 Å². The van der Waals surface area contributed by atoms with Crippen LogP contribution in [0.5, 0.6) is 0 Å². The number of primary sulfonamides is 1. The smallest absolute Gasteiger partial charge is 0.228 e. The second-order valence-electron chi connectivity index (χ2n) is 4.09. The summed E-state index contributed by atoms with van der Waals surface area (Å²) in [6.45, 7) is 0.353. The van der Waals surface area contributed by atoms with Crippen LogP contribution in [0.2, 0.25) is 0 Å². The molecule has 0 aliphatic carbocycles.